The lowest BCUT2D eigenvalue weighted by atomic mass is 9.88. The number of rotatable bonds is 4. The van der Waals surface area contributed by atoms with Crippen molar-refractivity contribution in [2.24, 2.45) is 5.92 Å². The number of hydrogen-bond acceptors (Lipinski definition) is 3. The summed E-state index contributed by atoms with van der Waals surface area (Å²) in [4.78, 5) is 18.9. The molecule has 0 saturated carbocycles. The molecule has 1 aromatic carbocycles. The van der Waals surface area contributed by atoms with Gasteiger partial charge >= 0.3 is 0 Å². The summed E-state index contributed by atoms with van der Waals surface area (Å²) in [7, 11) is 0. The molecule has 110 valence electrons. The molecule has 4 heteroatoms. The zero-order chi connectivity index (χ0) is 14.7. The van der Waals surface area contributed by atoms with Crippen LogP contribution in [0.2, 0.25) is 0 Å². The Morgan fingerprint density at radius 1 is 1.38 bits per heavy atom. The number of hydroxylamine groups is 1. The molecule has 0 bridgehead atoms. The smallest absolute Gasteiger partial charge is 0.269 e. The lowest BCUT2D eigenvalue weighted by Crippen LogP contribution is -2.25. The molecule has 0 aliphatic heterocycles. The van der Waals surface area contributed by atoms with Gasteiger partial charge in [0, 0.05) is 10.3 Å². The van der Waals surface area contributed by atoms with Gasteiger partial charge < -0.3 is 0 Å². The molecule has 1 amide bonds. The van der Waals surface area contributed by atoms with Gasteiger partial charge in [-0.1, -0.05) is 37.3 Å². The molecule has 3 nitrogen and oxygen atoms in total. The van der Waals surface area contributed by atoms with Gasteiger partial charge in [-0.15, -0.1) is 11.3 Å². The molecule has 3 rings (SSSR count). The fraction of sp³-hybridized carbons (Fsp3) is 0.353. The largest absolute Gasteiger partial charge is 0.275 e. The van der Waals surface area contributed by atoms with Crippen LogP contribution in [0.5, 0.6) is 0 Å². The Kier molecular flexibility index (Phi) is 4.36. The molecular weight excluding hydrogens is 282 g/mol. The number of nitrogens with one attached hydrogen (secondary N) is 1. The summed E-state index contributed by atoms with van der Waals surface area (Å²) >= 11 is 1.70. The monoisotopic (exact) mass is 301 g/mol. The van der Waals surface area contributed by atoms with Crippen molar-refractivity contribution in [2.75, 3.05) is 0 Å². The molecule has 1 atom stereocenters. The lowest BCUT2D eigenvalue weighted by molar-refractivity contribution is 0.0233. The minimum Gasteiger partial charge on any atom is -0.269 e. The van der Waals surface area contributed by atoms with Gasteiger partial charge in [-0.2, -0.15) is 0 Å². The van der Waals surface area contributed by atoms with Gasteiger partial charge in [0.15, 0.2) is 0 Å². The molecule has 1 aromatic heterocycles. The van der Waals surface area contributed by atoms with E-state index in [1.807, 2.05) is 35.7 Å². The maximum Gasteiger partial charge on any atom is 0.275 e. The first-order chi connectivity index (χ1) is 10.2. The summed E-state index contributed by atoms with van der Waals surface area (Å²) in [5, 5.41) is 1.96. The molecule has 0 fully saturated rings. The van der Waals surface area contributed by atoms with Crippen LogP contribution >= 0.6 is 11.3 Å². The molecule has 1 N–H and O–H groups in total. The summed E-state index contributed by atoms with van der Waals surface area (Å²) in [6.45, 7) is 2.65. The molecule has 1 unspecified atom stereocenters. The van der Waals surface area contributed by atoms with Crippen molar-refractivity contribution in [1.29, 1.82) is 0 Å². The highest BCUT2D eigenvalue weighted by Gasteiger charge is 2.23. The van der Waals surface area contributed by atoms with Crippen LogP contribution in [0.25, 0.3) is 0 Å². The molecule has 0 radical (unpaired) electrons. The maximum atomic E-state index is 12.2. The van der Waals surface area contributed by atoms with Gasteiger partial charge in [0.1, 0.15) is 0 Å². The summed E-state index contributed by atoms with van der Waals surface area (Å²) < 4.78 is 0. The molecule has 1 aliphatic carbocycles. The number of fused-ring (bicyclic) bond motifs is 1. The van der Waals surface area contributed by atoms with Gasteiger partial charge in [0.25, 0.3) is 5.91 Å². The molecule has 0 spiro atoms. The van der Waals surface area contributed by atoms with Crippen LogP contribution in [0.1, 0.15) is 39.7 Å². The highest BCUT2D eigenvalue weighted by molar-refractivity contribution is 7.10. The molecule has 1 heterocycles. The Morgan fingerprint density at radius 2 is 2.19 bits per heavy atom. The summed E-state index contributed by atoms with van der Waals surface area (Å²) in [6, 6.07) is 9.81. The maximum absolute atomic E-state index is 12.2. The second kappa shape index (κ2) is 6.41. The topological polar surface area (TPSA) is 38.3 Å². The number of amides is 1. The zero-order valence-electron chi connectivity index (χ0n) is 12.1. The van der Waals surface area contributed by atoms with Gasteiger partial charge in [0.05, 0.1) is 12.2 Å². The van der Waals surface area contributed by atoms with Crippen LogP contribution in [0.4, 0.5) is 0 Å². The van der Waals surface area contributed by atoms with Crippen LogP contribution < -0.4 is 5.48 Å². The number of hydrogen-bond donors (Lipinski definition) is 1. The molecule has 21 heavy (non-hydrogen) atoms. The predicted octanol–water partition coefficient (Wildman–Crippen LogP) is 3.73. The number of thiophene rings is 1. The highest BCUT2D eigenvalue weighted by atomic mass is 32.1. The third kappa shape index (κ3) is 3.34. The standard InChI is InChI=1S/C17H19NO2S/c1-12-7-8-14-15(11-21-16(14)9-12)17(19)18-20-10-13-5-3-2-4-6-13/h2-6,11-12H,7-10H2,1H3,(H,18,19). The molecule has 1 aliphatic rings. The highest BCUT2D eigenvalue weighted by Crippen LogP contribution is 2.32. The third-order valence-corrected chi connectivity index (χ3v) is 4.94. The average Bonchev–Trinajstić information content (AvgIpc) is 2.91. The second-order valence-electron chi connectivity index (χ2n) is 5.60. The summed E-state index contributed by atoms with van der Waals surface area (Å²) in [5.41, 5.74) is 5.61. The summed E-state index contributed by atoms with van der Waals surface area (Å²) in [6.07, 6.45) is 3.26. The van der Waals surface area contributed by atoms with Crippen LogP contribution in [-0.2, 0) is 24.3 Å². The Bertz CT molecular complexity index is 621. The SMILES string of the molecule is CC1CCc2c(C(=O)NOCc3ccccc3)csc2C1. The predicted molar refractivity (Wildman–Crippen MR) is 84.2 cm³/mol. The van der Waals surface area contributed by atoms with E-state index < -0.39 is 0 Å². The molecular formula is C17H19NO2S. The van der Waals surface area contributed by atoms with E-state index in [0.29, 0.717) is 6.61 Å². The third-order valence-electron chi connectivity index (χ3n) is 3.89. The Labute approximate surface area is 128 Å². The van der Waals surface area contributed by atoms with Gasteiger partial charge in [-0.05, 0) is 36.3 Å². The quantitative estimate of drug-likeness (QED) is 0.874. The molecule has 0 saturated heterocycles. The van der Waals surface area contributed by atoms with Crippen molar-refractivity contribution in [3.05, 3.63) is 57.3 Å². The van der Waals surface area contributed by atoms with Crippen molar-refractivity contribution < 1.29 is 9.63 Å². The first kappa shape index (κ1) is 14.3. The summed E-state index contributed by atoms with van der Waals surface area (Å²) in [5.74, 6) is 0.597. The normalized spacial score (nSPS) is 17.3. The van der Waals surface area contributed by atoms with Crippen molar-refractivity contribution >= 4 is 17.2 Å². The fourth-order valence-corrected chi connectivity index (χ4v) is 3.93. The van der Waals surface area contributed by atoms with E-state index in [4.69, 9.17) is 4.84 Å². The lowest BCUT2D eigenvalue weighted by Gasteiger charge is -2.18. The van der Waals surface area contributed by atoms with Gasteiger partial charge in [0.2, 0.25) is 0 Å². The molecule has 2 aromatic rings. The second-order valence-corrected chi connectivity index (χ2v) is 6.57. The Hall–Kier alpha value is -1.65. The van der Waals surface area contributed by atoms with E-state index in [1.165, 1.54) is 10.4 Å². The van der Waals surface area contributed by atoms with Crippen molar-refractivity contribution in [3.8, 4) is 0 Å². The minimum absolute atomic E-state index is 0.127. The van der Waals surface area contributed by atoms with E-state index in [2.05, 4.69) is 12.4 Å². The number of benzene rings is 1. The number of carbonyl (C=O) groups excluding carboxylic acids is 1. The van der Waals surface area contributed by atoms with E-state index in [1.54, 1.807) is 11.3 Å². The van der Waals surface area contributed by atoms with Crippen LogP contribution in [-0.4, -0.2) is 5.91 Å². The fourth-order valence-electron chi connectivity index (χ4n) is 2.68. The van der Waals surface area contributed by atoms with Crippen LogP contribution in [0.3, 0.4) is 0 Å². The number of carbonyl (C=O) groups is 1. The van der Waals surface area contributed by atoms with Crippen molar-refractivity contribution in [3.63, 3.8) is 0 Å². The van der Waals surface area contributed by atoms with Crippen LogP contribution in [0, 0.1) is 5.92 Å². The van der Waals surface area contributed by atoms with Crippen molar-refractivity contribution in [2.45, 2.75) is 32.8 Å². The van der Waals surface area contributed by atoms with Crippen molar-refractivity contribution in [1.82, 2.24) is 5.48 Å². The Morgan fingerprint density at radius 3 is 3.00 bits per heavy atom. The van der Waals surface area contributed by atoms with E-state index in [-0.39, 0.29) is 5.91 Å². The van der Waals surface area contributed by atoms with Gasteiger partial charge in [-0.3, -0.25) is 9.63 Å². The first-order valence-corrected chi connectivity index (χ1v) is 8.17. The Balaban J connectivity index is 1.59. The van der Waals surface area contributed by atoms with E-state index in [9.17, 15) is 4.79 Å². The average molecular weight is 301 g/mol. The van der Waals surface area contributed by atoms with Gasteiger partial charge in [-0.25, -0.2) is 5.48 Å². The minimum atomic E-state index is -0.127. The van der Waals surface area contributed by atoms with E-state index >= 15 is 0 Å². The van der Waals surface area contributed by atoms with E-state index in [0.717, 1.165) is 36.3 Å². The van der Waals surface area contributed by atoms with Crippen LogP contribution in [0.15, 0.2) is 35.7 Å². The first-order valence-electron chi connectivity index (χ1n) is 7.29. The zero-order valence-corrected chi connectivity index (χ0v) is 12.9.